The maximum Gasteiger partial charge on any atom is 0.137 e. The lowest BCUT2D eigenvalue weighted by Crippen LogP contribution is -2.10. The predicted octanol–water partition coefficient (Wildman–Crippen LogP) is 3.94. The summed E-state index contributed by atoms with van der Waals surface area (Å²) >= 11 is 3.15. The van der Waals surface area contributed by atoms with E-state index in [1.54, 1.807) is 12.1 Å². The second kappa shape index (κ2) is 5.42. The Morgan fingerprint density at radius 1 is 1.60 bits per heavy atom. The third-order valence-electron chi connectivity index (χ3n) is 2.25. The summed E-state index contributed by atoms with van der Waals surface area (Å²) in [7, 11) is 0. The molecule has 3 heteroatoms. The van der Waals surface area contributed by atoms with Crippen molar-refractivity contribution in [2.24, 2.45) is 5.73 Å². The van der Waals surface area contributed by atoms with Crippen LogP contribution in [-0.4, -0.2) is 0 Å². The molecule has 0 aliphatic rings. The first-order chi connectivity index (χ1) is 7.00. The fourth-order valence-corrected chi connectivity index (χ4v) is 1.71. The van der Waals surface area contributed by atoms with Crippen molar-refractivity contribution in [2.45, 2.75) is 25.8 Å². The van der Waals surface area contributed by atoms with Crippen molar-refractivity contribution in [1.82, 2.24) is 0 Å². The maximum absolute atomic E-state index is 13.0. The number of halogens is 2. The van der Waals surface area contributed by atoms with Gasteiger partial charge in [0.25, 0.3) is 0 Å². The molecule has 0 heterocycles. The molecular formula is C12H15BrFN. The number of hydrogen-bond donors (Lipinski definition) is 1. The minimum atomic E-state index is -0.258. The van der Waals surface area contributed by atoms with Crippen molar-refractivity contribution < 1.29 is 4.39 Å². The van der Waals surface area contributed by atoms with Gasteiger partial charge in [0, 0.05) is 6.04 Å². The molecule has 0 aliphatic heterocycles. The summed E-state index contributed by atoms with van der Waals surface area (Å²) in [5, 5.41) is 0. The third-order valence-corrected chi connectivity index (χ3v) is 2.86. The lowest BCUT2D eigenvalue weighted by Gasteiger charge is -2.12. The van der Waals surface area contributed by atoms with Gasteiger partial charge >= 0.3 is 0 Å². The second-order valence-electron chi connectivity index (χ2n) is 3.78. The van der Waals surface area contributed by atoms with Gasteiger partial charge in [0.1, 0.15) is 5.82 Å². The largest absolute Gasteiger partial charge is 0.324 e. The van der Waals surface area contributed by atoms with Crippen LogP contribution in [0.5, 0.6) is 0 Å². The molecule has 0 saturated heterocycles. The molecule has 0 bridgehead atoms. The highest BCUT2D eigenvalue weighted by molar-refractivity contribution is 9.10. The SMILES string of the molecule is C=C(C)CCC(N)c1ccc(F)c(Br)c1. The van der Waals surface area contributed by atoms with E-state index in [0.717, 1.165) is 24.0 Å². The Morgan fingerprint density at radius 3 is 2.80 bits per heavy atom. The zero-order valence-electron chi connectivity index (χ0n) is 8.76. The van der Waals surface area contributed by atoms with E-state index in [9.17, 15) is 4.39 Å². The highest BCUT2D eigenvalue weighted by Gasteiger charge is 2.08. The average Bonchev–Trinajstić information content (AvgIpc) is 2.18. The van der Waals surface area contributed by atoms with Gasteiger partial charge in [-0.05, 0) is 53.4 Å². The van der Waals surface area contributed by atoms with E-state index in [1.807, 2.05) is 6.92 Å². The molecule has 0 spiro atoms. The molecule has 2 N–H and O–H groups in total. The summed E-state index contributed by atoms with van der Waals surface area (Å²) in [6.45, 7) is 5.81. The van der Waals surface area contributed by atoms with E-state index in [4.69, 9.17) is 5.73 Å². The van der Waals surface area contributed by atoms with Gasteiger partial charge in [-0.25, -0.2) is 4.39 Å². The second-order valence-corrected chi connectivity index (χ2v) is 4.63. The van der Waals surface area contributed by atoms with Gasteiger partial charge in [-0.1, -0.05) is 11.6 Å². The number of benzene rings is 1. The Kier molecular flexibility index (Phi) is 4.48. The molecule has 1 atom stereocenters. The normalized spacial score (nSPS) is 12.5. The van der Waals surface area contributed by atoms with E-state index >= 15 is 0 Å². The van der Waals surface area contributed by atoms with Crippen LogP contribution in [0.15, 0.2) is 34.8 Å². The van der Waals surface area contributed by atoms with Gasteiger partial charge in [-0.3, -0.25) is 0 Å². The number of hydrogen-bond acceptors (Lipinski definition) is 1. The third kappa shape index (κ3) is 3.76. The molecule has 0 amide bonds. The maximum atomic E-state index is 13.0. The Morgan fingerprint density at radius 2 is 2.27 bits per heavy atom. The van der Waals surface area contributed by atoms with Crippen LogP contribution in [0, 0.1) is 5.82 Å². The van der Waals surface area contributed by atoms with Crippen molar-refractivity contribution >= 4 is 15.9 Å². The van der Waals surface area contributed by atoms with Crippen LogP contribution in [0.2, 0.25) is 0 Å². The van der Waals surface area contributed by atoms with Crippen molar-refractivity contribution in [3.8, 4) is 0 Å². The first-order valence-electron chi connectivity index (χ1n) is 4.85. The quantitative estimate of drug-likeness (QED) is 0.825. The van der Waals surface area contributed by atoms with Gasteiger partial charge < -0.3 is 5.73 Å². The minimum absolute atomic E-state index is 0.0569. The van der Waals surface area contributed by atoms with E-state index in [1.165, 1.54) is 6.07 Å². The Bertz CT molecular complexity index is 363. The first-order valence-corrected chi connectivity index (χ1v) is 5.65. The molecule has 15 heavy (non-hydrogen) atoms. The molecule has 0 aromatic heterocycles. The zero-order valence-corrected chi connectivity index (χ0v) is 10.3. The Hall–Kier alpha value is -0.670. The van der Waals surface area contributed by atoms with Crippen LogP contribution in [0.1, 0.15) is 31.4 Å². The molecule has 1 unspecified atom stereocenters. The summed E-state index contributed by atoms with van der Waals surface area (Å²) in [5.41, 5.74) is 8.04. The smallest absolute Gasteiger partial charge is 0.137 e. The fraction of sp³-hybridized carbons (Fsp3) is 0.333. The standard InChI is InChI=1S/C12H15BrFN/c1-8(2)3-6-12(15)9-4-5-11(14)10(13)7-9/h4-5,7,12H,1,3,6,15H2,2H3. The van der Waals surface area contributed by atoms with Gasteiger partial charge in [0.05, 0.1) is 4.47 Å². The van der Waals surface area contributed by atoms with Crippen molar-refractivity contribution in [3.63, 3.8) is 0 Å². The van der Waals surface area contributed by atoms with Gasteiger partial charge in [-0.2, -0.15) is 0 Å². The zero-order chi connectivity index (χ0) is 11.4. The van der Waals surface area contributed by atoms with Crippen LogP contribution in [0.25, 0.3) is 0 Å². The molecule has 0 saturated carbocycles. The molecule has 1 aromatic rings. The summed E-state index contributed by atoms with van der Waals surface area (Å²) < 4.78 is 13.4. The molecule has 1 aromatic carbocycles. The molecule has 1 nitrogen and oxygen atoms in total. The number of rotatable bonds is 4. The number of nitrogens with two attached hydrogens (primary N) is 1. The number of allylic oxidation sites excluding steroid dienone is 1. The summed E-state index contributed by atoms with van der Waals surface area (Å²) in [6.07, 6.45) is 1.74. The molecule has 0 fully saturated rings. The predicted molar refractivity (Wildman–Crippen MR) is 65.1 cm³/mol. The summed E-state index contributed by atoms with van der Waals surface area (Å²) in [5.74, 6) is -0.258. The Balaban J connectivity index is 2.69. The van der Waals surface area contributed by atoms with Crippen molar-refractivity contribution in [3.05, 3.63) is 46.2 Å². The lowest BCUT2D eigenvalue weighted by molar-refractivity contribution is 0.612. The van der Waals surface area contributed by atoms with Gasteiger partial charge in [0.2, 0.25) is 0 Å². The highest BCUT2D eigenvalue weighted by Crippen LogP contribution is 2.23. The van der Waals surface area contributed by atoms with Crippen LogP contribution in [0.4, 0.5) is 4.39 Å². The Labute approximate surface area is 98.3 Å². The lowest BCUT2D eigenvalue weighted by atomic mass is 10.0. The van der Waals surface area contributed by atoms with Crippen LogP contribution < -0.4 is 5.73 Å². The van der Waals surface area contributed by atoms with Crippen molar-refractivity contribution in [1.29, 1.82) is 0 Å². The minimum Gasteiger partial charge on any atom is -0.324 e. The van der Waals surface area contributed by atoms with Crippen LogP contribution in [-0.2, 0) is 0 Å². The first kappa shape index (κ1) is 12.4. The van der Waals surface area contributed by atoms with E-state index < -0.39 is 0 Å². The van der Waals surface area contributed by atoms with Crippen LogP contribution in [0.3, 0.4) is 0 Å². The van der Waals surface area contributed by atoms with Crippen LogP contribution >= 0.6 is 15.9 Å². The van der Waals surface area contributed by atoms with Gasteiger partial charge in [0.15, 0.2) is 0 Å². The molecule has 1 rings (SSSR count). The topological polar surface area (TPSA) is 26.0 Å². The van der Waals surface area contributed by atoms with Gasteiger partial charge in [-0.15, -0.1) is 6.58 Å². The molecule has 0 aliphatic carbocycles. The monoisotopic (exact) mass is 271 g/mol. The van der Waals surface area contributed by atoms with Crippen molar-refractivity contribution in [2.75, 3.05) is 0 Å². The summed E-state index contributed by atoms with van der Waals surface area (Å²) in [6, 6.07) is 4.83. The summed E-state index contributed by atoms with van der Waals surface area (Å²) in [4.78, 5) is 0. The van der Waals surface area contributed by atoms with E-state index in [2.05, 4.69) is 22.5 Å². The molecular weight excluding hydrogens is 257 g/mol. The average molecular weight is 272 g/mol. The fourth-order valence-electron chi connectivity index (χ4n) is 1.31. The van der Waals surface area contributed by atoms with E-state index in [-0.39, 0.29) is 11.9 Å². The molecule has 0 radical (unpaired) electrons. The molecule has 82 valence electrons. The van der Waals surface area contributed by atoms with E-state index in [0.29, 0.717) is 4.47 Å². The highest BCUT2D eigenvalue weighted by atomic mass is 79.9.